The number of imide groups is 1. The van der Waals surface area contributed by atoms with Crippen LogP contribution >= 0.6 is 0 Å². The Morgan fingerprint density at radius 3 is 2.40 bits per heavy atom. The van der Waals surface area contributed by atoms with Crippen molar-refractivity contribution in [3.63, 3.8) is 0 Å². The van der Waals surface area contributed by atoms with Crippen LogP contribution in [0, 0.1) is 5.92 Å². The van der Waals surface area contributed by atoms with E-state index in [1.165, 1.54) is 43.4 Å². The van der Waals surface area contributed by atoms with Crippen molar-refractivity contribution in [2.24, 2.45) is 10.9 Å². The minimum Gasteiger partial charge on any atom is -0.357 e. The van der Waals surface area contributed by atoms with Gasteiger partial charge in [0.2, 0.25) is 11.8 Å². The van der Waals surface area contributed by atoms with E-state index in [0.29, 0.717) is 38.4 Å². The first-order valence-electron chi connectivity index (χ1n) is 10.0. The van der Waals surface area contributed by atoms with Crippen molar-refractivity contribution in [3.8, 4) is 0 Å². The van der Waals surface area contributed by atoms with Crippen molar-refractivity contribution in [2.45, 2.75) is 77.7 Å². The lowest BCUT2D eigenvalue weighted by Gasteiger charge is -2.30. The van der Waals surface area contributed by atoms with Crippen LogP contribution in [-0.2, 0) is 9.59 Å². The first kappa shape index (κ1) is 19.7. The van der Waals surface area contributed by atoms with E-state index in [1.54, 1.807) is 0 Å². The Labute approximate surface area is 151 Å². The predicted molar refractivity (Wildman–Crippen MR) is 100 cm³/mol. The standard InChI is InChI=1S/C19H34N4O2/c1-3-6-15-9-11-16(12-10-15)22-19(20-4-2)21-13-14-23-17(24)7-5-8-18(23)25/h15-16H,3-14H2,1-2H3,(H2,20,21,22). The Bertz CT molecular complexity index is 454. The maximum absolute atomic E-state index is 11.8. The molecule has 0 radical (unpaired) electrons. The predicted octanol–water partition coefficient (Wildman–Crippen LogP) is 2.44. The number of carbonyl (C=O) groups is 2. The molecule has 2 N–H and O–H groups in total. The van der Waals surface area contributed by atoms with Gasteiger partial charge in [-0.25, -0.2) is 0 Å². The Morgan fingerprint density at radius 2 is 1.80 bits per heavy atom. The molecule has 0 spiro atoms. The summed E-state index contributed by atoms with van der Waals surface area (Å²) in [5, 5.41) is 6.81. The SMILES string of the molecule is CCCC1CCC(NC(=NCCN2C(=O)CCCC2=O)NCC)CC1. The summed E-state index contributed by atoms with van der Waals surface area (Å²) in [6.45, 7) is 5.96. The number of nitrogens with one attached hydrogen (secondary N) is 2. The molecule has 6 nitrogen and oxygen atoms in total. The van der Waals surface area contributed by atoms with Crippen molar-refractivity contribution in [3.05, 3.63) is 0 Å². The van der Waals surface area contributed by atoms with E-state index in [0.717, 1.165) is 18.4 Å². The summed E-state index contributed by atoms with van der Waals surface area (Å²) in [7, 11) is 0. The van der Waals surface area contributed by atoms with E-state index in [4.69, 9.17) is 0 Å². The third-order valence-corrected chi connectivity index (χ3v) is 5.21. The van der Waals surface area contributed by atoms with Crippen LogP contribution in [0.4, 0.5) is 0 Å². The van der Waals surface area contributed by atoms with Crippen molar-refractivity contribution >= 4 is 17.8 Å². The zero-order valence-corrected chi connectivity index (χ0v) is 15.9. The molecule has 6 heteroatoms. The lowest BCUT2D eigenvalue weighted by molar-refractivity contribution is -0.147. The van der Waals surface area contributed by atoms with Gasteiger partial charge in [0.25, 0.3) is 0 Å². The smallest absolute Gasteiger partial charge is 0.229 e. The summed E-state index contributed by atoms with van der Waals surface area (Å²) < 4.78 is 0. The molecule has 0 bridgehead atoms. The molecule has 1 saturated heterocycles. The largest absolute Gasteiger partial charge is 0.357 e. The van der Waals surface area contributed by atoms with Crippen LogP contribution in [0.2, 0.25) is 0 Å². The van der Waals surface area contributed by atoms with Gasteiger partial charge >= 0.3 is 0 Å². The number of amides is 2. The highest BCUT2D eigenvalue weighted by molar-refractivity contribution is 5.97. The second-order valence-electron chi connectivity index (χ2n) is 7.20. The first-order chi connectivity index (χ1) is 12.1. The number of nitrogens with zero attached hydrogens (tertiary/aromatic N) is 2. The molecular weight excluding hydrogens is 316 g/mol. The number of aliphatic imine (C=N–C) groups is 1. The fourth-order valence-corrected chi connectivity index (χ4v) is 3.83. The summed E-state index contributed by atoms with van der Waals surface area (Å²) in [6, 6.07) is 0.476. The van der Waals surface area contributed by atoms with Gasteiger partial charge in [-0.05, 0) is 44.9 Å². The third-order valence-electron chi connectivity index (χ3n) is 5.21. The lowest BCUT2D eigenvalue weighted by Crippen LogP contribution is -2.46. The zero-order valence-electron chi connectivity index (χ0n) is 15.9. The molecular formula is C19H34N4O2. The molecule has 2 amide bonds. The van der Waals surface area contributed by atoms with Crippen LogP contribution in [0.25, 0.3) is 0 Å². The lowest BCUT2D eigenvalue weighted by atomic mass is 9.83. The van der Waals surface area contributed by atoms with Gasteiger partial charge in [-0.3, -0.25) is 19.5 Å². The van der Waals surface area contributed by atoms with Gasteiger partial charge in [0, 0.05) is 32.0 Å². The summed E-state index contributed by atoms with van der Waals surface area (Å²) in [4.78, 5) is 29.6. The number of likely N-dealkylation sites (tertiary alicyclic amines) is 1. The number of piperidine rings is 1. The van der Waals surface area contributed by atoms with Crippen molar-refractivity contribution in [1.29, 1.82) is 0 Å². The molecule has 0 unspecified atom stereocenters. The molecule has 1 saturated carbocycles. The number of rotatable bonds is 7. The van der Waals surface area contributed by atoms with E-state index >= 15 is 0 Å². The van der Waals surface area contributed by atoms with E-state index in [1.807, 2.05) is 6.92 Å². The van der Waals surface area contributed by atoms with Crippen molar-refractivity contribution in [1.82, 2.24) is 15.5 Å². The van der Waals surface area contributed by atoms with E-state index in [9.17, 15) is 9.59 Å². The number of hydrogen-bond acceptors (Lipinski definition) is 3. The van der Waals surface area contributed by atoms with Crippen molar-refractivity contribution < 1.29 is 9.59 Å². The van der Waals surface area contributed by atoms with Crippen LogP contribution in [0.15, 0.2) is 4.99 Å². The maximum Gasteiger partial charge on any atom is 0.229 e. The molecule has 1 aliphatic carbocycles. The molecule has 2 rings (SSSR count). The van der Waals surface area contributed by atoms with Gasteiger partial charge in [-0.1, -0.05) is 19.8 Å². The maximum atomic E-state index is 11.8. The third kappa shape index (κ3) is 6.33. The van der Waals surface area contributed by atoms with E-state index in [-0.39, 0.29) is 11.8 Å². The summed E-state index contributed by atoms with van der Waals surface area (Å²) in [6.07, 6.45) is 9.24. The minimum absolute atomic E-state index is 0.0568. The van der Waals surface area contributed by atoms with Gasteiger partial charge in [0.1, 0.15) is 0 Å². The second kappa shape index (κ2) is 10.4. The Balaban J connectivity index is 1.80. The molecule has 1 aliphatic heterocycles. The number of guanidine groups is 1. The van der Waals surface area contributed by atoms with E-state index in [2.05, 4.69) is 22.5 Å². The van der Waals surface area contributed by atoms with Crippen LogP contribution in [-0.4, -0.2) is 48.3 Å². The molecule has 0 aromatic rings. The Morgan fingerprint density at radius 1 is 1.12 bits per heavy atom. The Kier molecular flexibility index (Phi) is 8.22. The molecule has 25 heavy (non-hydrogen) atoms. The number of carbonyl (C=O) groups excluding carboxylic acids is 2. The van der Waals surface area contributed by atoms with Crippen LogP contribution in [0.5, 0.6) is 0 Å². The zero-order chi connectivity index (χ0) is 18.1. The van der Waals surface area contributed by atoms with E-state index < -0.39 is 0 Å². The summed E-state index contributed by atoms with van der Waals surface area (Å²) in [5.74, 6) is 1.58. The van der Waals surface area contributed by atoms with Gasteiger partial charge < -0.3 is 10.6 Å². The minimum atomic E-state index is -0.0568. The summed E-state index contributed by atoms with van der Waals surface area (Å²) in [5.41, 5.74) is 0. The van der Waals surface area contributed by atoms with Crippen molar-refractivity contribution in [2.75, 3.05) is 19.6 Å². The molecule has 0 aromatic carbocycles. The fourth-order valence-electron chi connectivity index (χ4n) is 3.83. The molecule has 142 valence electrons. The molecule has 2 fully saturated rings. The van der Waals surface area contributed by atoms with Gasteiger partial charge in [0.15, 0.2) is 5.96 Å². The average Bonchev–Trinajstić information content (AvgIpc) is 2.59. The monoisotopic (exact) mass is 350 g/mol. The highest BCUT2D eigenvalue weighted by Crippen LogP contribution is 2.27. The Hall–Kier alpha value is -1.59. The number of hydrogen-bond donors (Lipinski definition) is 2. The molecule has 0 aromatic heterocycles. The fraction of sp³-hybridized carbons (Fsp3) is 0.842. The molecule has 1 heterocycles. The van der Waals surface area contributed by atoms with Gasteiger partial charge in [-0.2, -0.15) is 0 Å². The highest BCUT2D eigenvalue weighted by Gasteiger charge is 2.25. The second-order valence-corrected chi connectivity index (χ2v) is 7.20. The topological polar surface area (TPSA) is 73.8 Å². The van der Waals surface area contributed by atoms with Crippen LogP contribution in [0.1, 0.15) is 71.6 Å². The average molecular weight is 351 g/mol. The molecule has 0 atom stereocenters. The first-order valence-corrected chi connectivity index (χ1v) is 10.0. The summed E-state index contributed by atoms with van der Waals surface area (Å²) >= 11 is 0. The highest BCUT2D eigenvalue weighted by atomic mass is 16.2. The normalized spacial score (nSPS) is 25.2. The quantitative estimate of drug-likeness (QED) is 0.420. The molecule has 2 aliphatic rings. The van der Waals surface area contributed by atoms with Gasteiger partial charge in [0.05, 0.1) is 6.54 Å². The van der Waals surface area contributed by atoms with Gasteiger partial charge in [-0.15, -0.1) is 0 Å². The van der Waals surface area contributed by atoms with Crippen LogP contribution < -0.4 is 10.6 Å². The van der Waals surface area contributed by atoms with Crippen LogP contribution in [0.3, 0.4) is 0 Å².